The summed E-state index contributed by atoms with van der Waals surface area (Å²) < 4.78 is 44.9. The van der Waals surface area contributed by atoms with E-state index in [9.17, 15) is 23.9 Å². The van der Waals surface area contributed by atoms with Gasteiger partial charge in [0.1, 0.15) is 28.0 Å². The molecule has 1 N–H and O–H groups in total. The molecule has 4 aromatic rings. The van der Waals surface area contributed by atoms with E-state index in [4.69, 9.17) is 0 Å². The van der Waals surface area contributed by atoms with Gasteiger partial charge in [-0.25, -0.2) is 22.8 Å². The van der Waals surface area contributed by atoms with Gasteiger partial charge in [0, 0.05) is 69.0 Å². The van der Waals surface area contributed by atoms with Crippen molar-refractivity contribution in [3.63, 3.8) is 0 Å². The number of aliphatic hydroxyl groups is 1. The van der Waals surface area contributed by atoms with Gasteiger partial charge in [-0.3, -0.25) is 9.69 Å². The van der Waals surface area contributed by atoms with E-state index in [1.165, 1.54) is 12.1 Å². The highest BCUT2D eigenvalue weighted by molar-refractivity contribution is 7.16. The zero-order valence-electron chi connectivity index (χ0n) is 24.3. The molecule has 2 aromatic heterocycles. The summed E-state index contributed by atoms with van der Waals surface area (Å²) in [6.07, 6.45) is -0.434. The van der Waals surface area contributed by atoms with Gasteiger partial charge in [0.05, 0.1) is 12.6 Å². The van der Waals surface area contributed by atoms with E-state index >= 15 is 4.39 Å². The number of aromatic nitrogens is 3. The average molecular weight is 641 g/mol. The van der Waals surface area contributed by atoms with Crippen LogP contribution in [0.3, 0.4) is 0 Å². The lowest BCUT2D eigenvalue weighted by atomic mass is 10.1. The zero-order chi connectivity index (χ0) is 31.1. The molecule has 0 atom stereocenters. The highest BCUT2D eigenvalue weighted by Crippen LogP contribution is 2.40. The van der Waals surface area contributed by atoms with Gasteiger partial charge in [-0.05, 0) is 44.2 Å². The third-order valence-electron chi connectivity index (χ3n) is 8.08. The molecule has 10 nitrogen and oxygen atoms in total. The number of hydrogen-bond donors (Lipinski definition) is 1. The van der Waals surface area contributed by atoms with Crippen LogP contribution in [0.1, 0.15) is 26.2 Å². The first-order chi connectivity index (χ1) is 21.2. The van der Waals surface area contributed by atoms with E-state index in [2.05, 4.69) is 26.0 Å². The molecule has 2 saturated heterocycles. The molecule has 4 heterocycles. The fraction of sp³-hybridized carbons (Fsp3) is 0.419. The maximum Gasteiger partial charge on any atom is 0.236 e. The second kappa shape index (κ2) is 13.0. The van der Waals surface area contributed by atoms with E-state index in [0.717, 1.165) is 23.5 Å². The summed E-state index contributed by atoms with van der Waals surface area (Å²) >= 11 is 1.11. The van der Waals surface area contributed by atoms with Crippen LogP contribution in [0.2, 0.25) is 0 Å². The van der Waals surface area contributed by atoms with Crippen molar-refractivity contribution in [2.45, 2.75) is 33.9 Å². The zero-order valence-corrected chi connectivity index (χ0v) is 25.1. The molecule has 0 saturated carbocycles. The molecule has 1 amide bonds. The second-order valence-corrected chi connectivity index (χ2v) is 11.8. The SMILES string of the molecule is C.CCN(c1nc(-c2ccc(F)c(F)c2)c(C#N)s1)c1c2cc(N3CCN(CC(=O)N4CC(O)C4)CC3)cc(F)c2nn1CC. The quantitative estimate of drug-likeness (QED) is 0.299. The number of likely N-dealkylation sites (tertiary alicyclic amines) is 1. The highest BCUT2D eigenvalue weighted by Gasteiger charge is 2.31. The lowest BCUT2D eigenvalue weighted by Gasteiger charge is -2.39. The predicted molar refractivity (Wildman–Crippen MR) is 168 cm³/mol. The third kappa shape index (κ3) is 6.07. The Morgan fingerprint density at radius 2 is 1.82 bits per heavy atom. The number of thiazole rings is 1. The molecule has 45 heavy (non-hydrogen) atoms. The van der Waals surface area contributed by atoms with Crippen LogP contribution in [0.25, 0.3) is 22.2 Å². The Morgan fingerprint density at radius 1 is 1.09 bits per heavy atom. The highest BCUT2D eigenvalue weighted by atomic mass is 32.1. The van der Waals surface area contributed by atoms with Crippen LogP contribution in [0.5, 0.6) is 0 Å². The van der Waals surface area contributed by atoms with E-state index in [1.807, 2.05) is 24.8 Å². The lowest BCUT2D eigenvalue weighted by molar-refractivity contribution is -0.142. The molecule has 0 unspecified atom stereocenters. The van der Waals surface area contributed by atoms with Crippen LogP contribution in [-0.2, 0) is 11.3 Å². The van der Waals surface area contributed by atoms with Gasteiger partial charge in [-0.15, -0.1) is 0 Å². The summed E-state index contributed by atoms with van der Waals surface area (Å²) in [4.78, 5) is 25.0. The molecule has 0 aliphatic carbocycles. The summed E-state index contributed by atoms with van der Waals surface area (Å²) in [6.45, 7) is 8.19. The van der Waals surface area contributed by atoms with Gasteiger partial charge in [-0.2, -0.15) is 10.4 Å². The first kappa shape index (κ1) is 32.2. The molecule has 2 aliphatic heterocycles. The number of piperazine rings is 1. The molecule has 0 radical (unpaired) electrons. The predicted octanol–water partition coefficient (Wildman–Crippen LogP) is 4.59. The Bertz CT molecular complexity index is 1760. The van der Waals surface area contributed by atoms with Crippen molar-refractivity contribution < 1.29 is 23.1 Å². The van der Waals surface area contributed by atoms with Crippen LogP contribution in [-0.4, -0.2) is 94.0 Å². The number of carbonyl (C=O) groups excluding carboxylic acids is 1. The van der Waals surface area contributed by atoms with Gasteiger partial charge in [-0.1, -0.05) is 18.8 Å². The Hall–Kier alpha value is -4.19. The summed E-state index contributed by atoms with van der Waals surface area (Å²) in [6, 6.07) is 8.91. The number of fused-ring (bicyclic) bond motifs is 1. The van der Waals surface area contributed by atoms with Gasteiger partial charge in [0.2, 0.25) is 5.91 Å². The number of β-amino-alcohol motifs (C(OH)–C–C–N with tert-alkyl or cyclic N) is 1. The van der Waals surface area contributed by atoms with Gasteiger partial charge >= 0.3 is 0 Å². The van der Waals surface area contributed by atoms with Crippen molar-refractivity contribution in [2.75, 3.05) is 62.2 Å². The van der Waals surface area contributed by atoms with E-state index in [1.54, 1.807) is 9.58 Å². The van der Waals surface area contributed by atoms with E-state index in [-0.39, 0.29) is 41.5 Å². The minimum absolute atomic E-state index is 0. The monoisotopic (exact) mass is 640 g/mol. The largest absolute Gasteiger partial charge is 0.389 e. The number of halogens is 3. The molecule has 14 heteroatoms. The number of aliphatic hydroxyl groups excluding tert-OH is 1. The number of amides is 1. The maximum atomic E-state index is 15.6. The fourth-order valence-electron chi connectivity index (χ4n) is 5.68. The van der Waals surface area contributed by atoms with Crippen molar-refractivity contribution in [1.82, 2.24) is 24.6 Å². The number of rotatable bonds is 8. The first-order valence-corrected chi connectivity index (χ1v) is 15.3. The number of nitriles is 1. The minimum Gasteiger partial charge on any atom is -0.389 e. The van der Waals surface area contributed by atoms with E-state index < -0.39 is 23.6 Å². The Kier molecular flexibility index (Phi) is 9.33. The fourth-order valence-corrected chi connectivity index (χ4v) is 6.63. The standard InChI is InChI=1S/C30H31F3N8O2S.CH4/c1-3-40(30-35-27(25(14-34)44-30)18-5-6-22(31)23(32)11-18)29-21-12-19(13-24(33)28(21)36-41(29)4-2)38-9-7-37(8-10-38)17-26(43)39-15-20(42)16-39;/h5-6,11-13,20,42H,3-4,7-10,15-17H2,1-2H3;1H4. The average Bonchev–Trinajstić information content (AvgIpc) is 3.60. The summed E-state index contributed by atoms with van der Waals surface area (Å²) in [5, 5.41) is 24.9. The number of anilines is 3. The third-order valence-corrected chi connectivity index (χ3v) is 9.06. The topological polar surface area (TPSA) is 105 Å². The molecule has 238 valence electrons. The molecular formula is C31H35F3N8O2S. The normalized spacial score (nSPS) is 15.6. The van der Waals surface area contributed by atoms with Crippen LogP contribution in [0.4, 0.5) is 29.8 Å². The van der Waals surface area contributed by atoms with Gasteiger partial charge in [0.15, 0.2) is 22.6 Å². The number of aryl methyl sites for hydroxylation is 1. The van der Waals surface area contributed by atoms with Crippen molar-refractivity contribution >= 4 is 44.8 Å². The number of benzene rings is 2. The van der Waals surface area contributed by atoms with E-state index in [0.29, 0.717) is 74.4 Å². The Labute approximate surface area is 263 Å². The van der Waals surface area contributed by atoms with Crippen LogP contribution in [0.15, 0.2) is 30.3 Å². The summed E-state index contributed by atoms with van der Waals surface area (Å²) in [5.74, 6) is -1.87. The molecule has 0 spiro atoms. The number of nitrogens with zero attached hydrogens (tertiary/aromatic N) is 8. The second-order valence-electron chi connectivity index (χ2n) is 10.8. The van der Waals surface area contributed by atoms with Crippen molar-refractivity contribution in [1.29, 1.82) is 5.26 Å². The summed E-state index contributed by atoms with van der Waals surface area (Å²) in [5.41, 5.74) is 1.43. The molecular weight excluding hydrogens is 605 g/mol. The van der Waals surface area contributed by atoms with Gasteiger partial charge in [0.25, 0.3) is 0 Å². The number of hydrogen-bond acceptors (Lipinski definition) is 9. The maximum absolute atomic E-state index is 15.6. The minimum atomic E-state index is -1.03. The van der Waals surface area contributed by atoms with Crippen molar-refractivity contribution in [2.24, 2.45) is 0 Å². The number of carbonyl (C=O) groups is 1. The van der Waals surface area contributed by atoms with Gasteiger partial charge < -0.3 is 19.8 Å². The molecule has 2 fully saturated rings. The first-order valence-electron chi connectivity index (χ1n) is 14.5. The molecule has 2 aromatic carbocycles. The summed E-state index contributed by atoms with van der Waals surface area (Å²) in [7, 11) is 0. The van der Waals surface area contributed by atoms with Crippen LogP contribution >= 0.6 is 11.3 Å². The molecule has 2 aliphatic rings. The molecule has 0 bridgehead atoms. The Morgan fingerprint density at radius 3 is 2.44 bits per heavy atom. The lowest BCUT2D eigenvalue weighted by Crippen LogP contribution is -2.57. The van der Waals surface area contributed by atoms with Crippen molar-refractivity contribution in [3.05, 3.63) is 52.7 Å². The van der Waals surface area contributed by atoms with Crippen LogP contribution < -0.4 is 9.80 Å². The Balaban J connectivity index is 0.00000400. The van der Waals surface area contributed by atoms with Crippen LogP contribution in [0, 0.1) is 28.8 Å². The smallest absolute Gasteiger partial charge is 0.236 e. The van der Waals surface area contributed by atoms with Crippen molar-refractivity contribution in [3.8, 4) is 17.3 Å². The molecule has 6 rings (SSSR count).